The number of rotatable bonds is 6. The third-order valence-electron chi connectivity index (χ3n) is 9.86. The Hall–Kier alpha value is -2.44. The van der Waals surface area contributed by atoms with Crippen LogP contribution in [0.2, 0.25) is 0 Å². The molecule has 7 aliphatic carbocycles. The van der Waals surface area contributed by atoms with Crippen LogP contribution in [0, 0.1) is 53.3 Å². The highest BCUT2D eigenvalue weighted by atomic mass is 16.5. The second-order valence-electron chi connectivity index (χ2n) is 12.2. The molecule has 6 heteroatoms. The minimum Gasteiger partial charge on any atom is -0.381 e. The monoisotopic (exact) mass is 568 g/mol. The molecule has 0 aromatic heterocycles. The molecule has 0 spiro atoms. The third-order valence-corrected chi connectivity index (χ3v) is 9.86. The molecule has 6 bridgehead atoms. The number of carbonyl (C=O) groups is 4. The Morgan fingerprint density at radius 2 is 1.34 bits per heavy atom. The van der Waals surface area contributed by atoms with Gasteiger partial charge in [0, 0.05) is 32.0 Å². The van der Waals surface area contributed by atoms with Crippen molar-refractivity contribution in [1.29, 1.82) is 0 Å². The van der Waals surface area contributed by atoms with Gasteiger partial charge in [0.05, 0.1) is 12.2 Å². The van der Waals surface area contributed by atoms with Gasteiger partial charge in [0.2, 0.25) is 0 Å². The fourth-order valence-corrected chi connectivity index (χ4v) is 7.86. The van der Waals surface area contributed by atoms with Gasteiger partial charge in [0.25, 0.3) is 0 Å². The normalized spacial score (nSPS) is 38.5. The van der Waals surface area contributed by atoms with E-state index in [1.54, 1.807) is 14.2 Å². The second-order valence-corrected chi connectivity index (χ2v) is 12.2. The van der Waals surface area contributed by atoms with E-state index in [1.807, 2.05) is 0 Å². The molecule has 5 saturated carbocycles. The van der Waals surface area contributed by atoms with Gasteiger partial charge < -0.3 is 23.9 Å². The molecule has 7 aliphatic rings. The van der Waals surface area contributed by atoms with Crippen molar-refractivity contribution in [2.45, 2.75) is 77.4 Å². The summed E-state index contributed by atoms with van der Waals surface area (Å²) < 4.78 is 10.6. The van der Waals surface area contributed by atoms with Crippen molar-refractivity contribution in [3.8, 4) is 0 Å². The molecule has 0 aromatic rings. The van der Waals surface area contributed by atoms with Crippen molar-refractivity contribution in [1.82, 2.24) is 0 Å². The summed E-state index contributed by atoms with van der Waals surface area (Å²) in [4.78, 5) is 40.6. The van der Waals surface area contributed by atoms with Gasteiger partial charge in [-0.1, -0.05) is 50.5 Å². The minimum atomic E-state index is 0. The number of carbonyl (C=O) groups excluding carboxylic acids is 4. The van der Waals surface area contributed by atoms with E-state index in [9.17, 15) is 14.4 Å². The first-order chi connectivity index (χ1) is 19.5. The summed E-state index contributed by atoms with van der Waals surface area (Å²) in [7, 11) is 3.54. The molecule has 228 valence electrons. The highest BCUT2D eigenvalue weighted by molar-refractivity contribution is 5.63. The van der Waals surface area contributed by atoms with Crippen LogP contribution in [-0.2, 0) is 28.7 Å². The molecule has 11 atom stereocenters. The molecular formula is C35H52O6. The fourth-order valence-electron chi connectivity index (χ4n) is 7.86. The lowest BCUT2D eigenvalue weighted by molar-refractivity contribution is -0.114. The molecule has 41 heavy (non-hydrogen) atoms. The predicted octanol–water partition coefficient (Wildman–Crippen LogP) is 6.40. The summed E-state index contributed by atoms with van der Waals surface area (Å²) in [6.45, 7) is 3.11. The van der Waals surface area contributed by atoms with Crippen molar-refractivity contribution in [3.05, 3.63) is 49.1 Å². The second kappa shape index (κ2) is 18.2. The Morgan fingerprint density at radius 1 is 0.683 bits per heavy atom. The summed E-state index contributed by atoms with van der Waals surface area (Å²) in [5.41, 5.74) is 0. The van der Waals surface area contributed by atoms with Gasteiger partial charge in [-0.2, -0.15) is 0 Å². The minimum absolute atomic E-state index is 0. The van der Waals surface area contributed by atoms with Crippen LogP contribution in [0.1, 0.15) is 65.2 Å². The van der Waals surface area contributed by atoms with E-state index in [1.165, 1.54) is 31.8 Å². The van der Waals surface area contributed by atoms with E-state index in [0.29, 0.717) is 59.9 Å². The smallest absolute Gasteiger partial charge is 0.142 e. The summed E-state index contributed by atoms with van der Waals surface area (Å²) >= 11 is 0. The van der Waals surface area contributed by atoms with Crippen LogP contribution in [0.3, 0.4) is 0 Å². The van der Waals surface area contributed by atoms with Crippen LogP contribution >= 0.6 is 0 Å². The van der Waals surface area contributed by atoms with Crippen molar-refractivity contribution in [2.75, 3.05) is 14.2 Å². The standard InChI is InChI=1S/2C9H14O2.C8H10O.C5H6.C3H4O.CH4/c1-11-9-4-6-2-7(9)3-8(6)5-10;1-11-9-4-6-2-7(5-10)8(9)3-6;9-5-8-4-6-1-2-7(8)3-6;1-2-4-5-3-1;1-2-3-4;/h2*5-9H,2-4H2,1H3;1-2,5-8H,3-4H2;1-4H,5H2;2-3H,1H2;1H4. The molecule has 0 aliphatic heterocycles. The third kappa shape index (κ3) is 9.54. The number of methoxy groups -OCH3 is 2. The lowest BCUT2D eigenvalue weighted by Crippen LogP contribution is -2.26. The maximum Gasteiger partial charge on any atom is 0.142 e. The van der Waals surface area contributed by atoms with Gasteiger partial charge in [0.1, 0.15) is 25.1 Å². The van der Waals surface area contributed by atoms with Crippen molar-refractivity contribution in [3.63, 3.8) is 0 Å². The predicted molar refractivity (Wildman–Crippen MR) is 163 cm³/mol. The fraction of sp³-hybridized carbons (Fsp3) is 0.657. The SMILES string of the molecule is C.C1=CCC=C1.C=CC=O.COC1CC2CC(C=O)C1C2.COC1CC2CC1CC2C=O.O=CC1CC2C=CC1C2. The average Bonchev–Trinajstić information content (AvgIpc) is 3.87. The van der Waals surface area contributed by atoms with Crippen molar-refractivity contribution >= 4 is 25.1 Å². The Morgan fingerprint density at radius 3 is 1.71 bits per heavy atom. The van der Waals surface area contributed by atoms with Crippen molar-refractivity contribution < 1.29 is 28.7 Å². The lowest BCUT2D eigenvalue weighted by atomic mass is 9.88. The van der Waals surface area contributed by atoms with Gasteiger partial charge in [-0.3, -0.25) is 4.79 Å². The number of ether oxygens (including phenoxy) is 2. The molecule has 5 fully saturated rings. The van der Waals surface area contributed by atoms with Gasteiger partial charge in [-0.25, -0.2) is 0 Å². The first-order valence-electron chi connectivity index (χ1n) is 15.0. The lowest BCUT2D eigenvalue weighted by Gasteiger charge is -2.24. The molecule has 11 unspecified atom stereocenters. The van der Waals surface area contributed by atoms with E-state index in [2.05, 4.69) is 43.0 Å². The van der Waals surface area contributed by atoms with Crippen molar-refractivity contribution in [2.24, 2.45) is 53.3 Å². The summed E-state index contributed by atoms with van der Waals surface area (Å²) in [6, 6.07) is 0. The van der Waals surface area contributed by atoms with Gasteiger partial charge in [-0.05, 0) is 99.4 Å². The Kier molecular flexibility index (Phi) is 15.4. The molecule has 6 nitrogen and oxygen atoms in total. The maximum atomic E-state index is 10.6. The zero-order valence-corrected chi connectivity index (χ0v) is 24.2. The Bertz CT molecular complexity index is 906. The van der Waals surface area contributed by atoms with E-state index >= 15 is 0 Å². The molecule has 0 saturated heterocycles. The molecule has 0 aromatic carbocycles. The van der Waals surface area contributed by atoms with Crippen LogP contribution < -0.4 is 0 Å². The van der Waals surface area contributed by atoms with Crippen LogP contribution in [-0.4, -0.2) is 51.6 Å². The highest BCUT2D eigenvalue weighted by Crippen LogP contribution is 2.49. The number of allylic oxidation sites excluding steroid dienone is 7. The number of aldehydes is 4. The zero-order valence-electron chi connectivity index (χ0n) is 24.2. The van der Waals surface area contributed by atoms with E-state index in [0.717, 1.165) is 62.8 Å². The van der Waals surface area contributed by atoms with E-state index in [-0.39, 0.29) is 7.43 Å². The molecule has 0 radical (unpaired) electrons. The first kappa shape index (κ1) is 34.8. The molecule has 0 amide bonds. The number of hydrogen-bond acceptors (Lipinski definition) is 6. The van der Waals surface area contributed by atoms with Crippen LogP contribution in [0.4, 0.5) is 0 Å². The maximum absolute atomic E-state index is 10.6. The Balaban J connectivity index is 0.000000187. The summed E-state index contributed by atoms with van der Waals surface area (Å²) in [5, 5.41) is 0. The van der Waals surface area contributed by atoms with Crippen LogP contribution in [0.5, 0.6) is 0 Å². The van der Waals surface area contributed by atoms with E-state index < -0.39 is 0 Å². The molecule has 0 heterocycles. The summed E-state index contributed by atoms with van der Waals surface area (Å²) in [5.74, 6) is 5.01. The highest BCUT2D eigenvalue weighted by Gasteiger charge is 2.46. The topological polar surface area (TPSA) is 86.7 Å². The van der Waals surface area contributed by atoms with Crippen LogP contribution in [0.25, 0.3) is 0 Å². The molecular weight excluding hydrogens is 516 g/mol. The zero-order chi connectivity index (χ0) is 28.9. The quantitative estimate of drug-likeness (QED) is 0.209. The van der Waals surface area contributed by atoms with E-state index in [4.69, 9.17) is 14.3 Å². The number of fused-ring (bicyclic) bond motifs is 6. The van der Waals surface area contributed by atoms with Crippen LogP contribution in [0.15, 0.2) is 49.1 Å². The largest absolute Gasteiger partial charge is 0.381 e. The molecule has 7 rings (SSSR count). The molecule has 0 N–H and O–H groups in total. The van der Waals surface area contributed by atoms with Gasteiger partial charge >= 0.3 is 0 Å². The summed E-state index contributed by atoms with van der Waals surface area (Å²) in [6.07, 6.45) is 29.3. The van der Waals surface area contributed by atoms with Gasteiger partial charge in [-0.15, -0.1) is 0 Å². The number of hydrogen-bond donors (Lipinski definition) is 0. The van der Waals surface area contributed by atoms with Gasteiger partial charge in [0.15, 0.2) is 0 Å². The average molecular weight is 569 g/mol. The Labute approximate surface area is 247 Å². The first-order valence-corrected chi connectivity index (χ1v) is 15.0.